The molecular weight excluding hydrogens is 418 g/mol. The summed E-state index contributed by atoms with van der Waals surface area (Å²) in [5, 5.41) is 0. The van der Waals surface area contributed by atoms with E-state index in [1.54, 1.807) is 0 Å². The highest BCUT2D eigenvalue weighted by Crippen LogP contribution is 2.37. The van der Waals surface area contributed by atoms with Crippen LogP contribution in [-0.4, -0.2) is 18.3 Å². The van der Waals surface area contributed by atoms with E-state index in [-0.39, 0.29) is 18.3 Å². The largest absolute Gasteiger partial charge is 0.505 e. The number of rotatable bonds is 8. The van der Waals surface area contributed by atoms with E-state index in [4.69, 9.17) is 9.31 Å². The van der Waals surface area contributed by atoms with E-state index in [9.17, 15) is 0 Å². The molecule has 2 nitrogen and oxygen atoms in total. The van der Waals surface area contributed by atoms with Crippen molar-refractivity contribution in [2.75, 3.05) is 0 Å². The number of aryl methyl sites for hydroxylation is 1. The van der Waals surface area contributed by atoms with Crippen LogP contribution in [0.15, 0.2) is 6.07 Å². The van der Waals surface area contributed by atoms with Gasteiger partial charge in [0.1, 0.15) is 0 Å². The van der Waals surface area contributed by atoms with Crippen LogP contribution in [0, 0.1) is 2.88 Å². The Balaban J connectivity index is 1.89. The molecule has 23 heavy (non-hydrogen) atoms. The van der Waals surface area contributed by atoms with Gasteiger partial charge in [-0.2, -0.15) is 0 Å². The molecule has 0 radical (unpaired) electrons. The van der Waals surface area contributed by atoms with E-state index in [2.05, 4.69) is 63.3 Å². The lowest BCUT2D eigenvalue weighted by Gasteiger charge is -2.32. The summed E-state index contributed by atoms with van der Waals surface area (Å²) >= 11 is 4.29. The Morgan fingerprint density at radius 2 is 1.57 bits per heavy atom. The molecule has 1 aromatic heterocycles. The van der Waals surface area contributed by atoms with Crippen LogP contribution in [0.25, 0.3) is 0 Å². The fraction of sp³-hybridized carbons (Fsp3) is 0.778. The first-order chi connectivity index (χ1) is 10.8. The maximum absolute atomic E-state index is 6.17. The second-order valence-corrected chi connectivity index (χ2v) is 10.4. The van der Waals surface area contributed by atoms with Gasteiger partial charge in [-0.3, -0.25) is 0 Å². The SMILES string of the molecule is CCCCCCCCc1cc(B2OC(C)(C)C(C)(C)O2)sc1I. The third kappa shape index (κ3) is 4.96. The third-order valence-corrected chi connectivity index (χ3v) is 7.40. The Morgan fingerprint density at radius 3 is 2.17 bits per heavy atom. The molecule has 1 aliphatic heterocycles. The van der Waals surface area contributed by atoms with E-state index in [1.165, 1.54) is 58.2 Å². The fourth-order valence-electron chi connectivity index (χ4n) is 2.77. The smallest absolute Gasteiger partial charge is 0.399 e. The Labute approximate surface area is 160 Å². The monoisotopic (exact) mass is 448 g/mol. The van der Waals surface area contributed by atoms with Gasteiger partial charge in [0, 0.05) is 4.78 Å². The molecule has 130 valence electrons. The van der Waals surface area contributed by atoms with Gasteiger partial charge < -0.3 is 9.31 Å². The van der Waals surface area contributed by atoms with Crippen LogP contribution in [0.1, 0.15) is 78.7 Å². The molecular formula is C18H30BIO2S. The molecule has 0 saturated carbocycles. The molecule has 0 amide bonds. The lowest BCUT2D eigenvalue weighted by atomic mass is 9.87. The molecule has 1 aromatic rings. The molecule has 2 rings (SSSR count). The van der Waals surface area contributed by atoms with E-state index in [0.29, 0.717) is 0 Å². The van der Waals surface area contributed by atoms with Crippen LogP contribution in [0.2, 0.25) is 0 Å². The summed E-state index contributed by atoms with van der Waals surface area (Å²) in [6.45, 7) is 10.7. The van der Waals surface area contributed by atoms with Crippen molar-refractivity contribution in [3.05, 3.63) is 14.5 Å². The molecule has 1 fully saturated rings. The molecule has 0 aliphatic carbocycles. The number of thiophene rings is 1. The van der Waals surface area contributed by atoms with Crippen molar-refractivity contribution in [1.82, 2.24) is 0 Å². The standard InChI is InChI=1S/C18H30BIO2S/c1-6-7-8-9-10-11-12-14-13-15(23-16(14)20)19-21-17(2,3)18(4,5)22-19/h13H,6-12H2,1-5H3. The maximum Gasteiger partial charge on any atom is 0.505 e. The minimum atomic E-state index is -0.257. The predicted octanol–water partition coefficient (Wildman–Crippen LogP) is 5.55. The van der Waals surface area contributed by atoms with Gasteiger partial charge in [-0.25, -0.2) is 0 Å². The first-order valence-corrected chi connectivity index (χ1v) is 10.8. The zero-order valence-electron chi connectivity index (χ0n) is 15.2. The van der Waals surface area contributed by atoms with Crippen molar-refractivity contribution in [3.8, 4) is 0 Å². The average Bonchev–Trinajstić information content (AvgIpc) is 2.92. The van der Waals surface area contributed by atoms with Gasteiger partial charge in [0.15, 0.2) is 0 Å². The quantitative estimate of drug-likeness (QED) is 0.295. The van der Waals surface area contributed by atoms with Gasteiger partial charge >= 0.3 is 7.12 Å². The normalized spacial score (nSPS) is 19.5. The molecule has 1 saturated heterocycles. The minimum absolute atomic E-state index is 0.211. The van der Waals surface area contributed by atoms with Crippen molar-refractivity contribution in [2.24, 2.45) is 0 Å². The highest BCUT2D eigenvalue weighted by molar-refractivity contribution is 14.1. The second kappa shape index (κ2) is 8.20. The number of hydrogen-bond donors (Lipinski definition) is 0. The van der Waals surface area contributed by atoms with E-state index in [0.717, 1.165) is 0 Å². The topological polar surface area (TPSA) is 18.5 Å². The van der Waals surface area contributed by atoms with Crippen molar-refractivity contribution < 1.29 is 9.31 Å². The summed E-state index contributed by atoms with van der Waals surface area (Å²) in [5.74, 6) is 0. The molecule has 1 aliphatic rings. The predicted molar refractivity (Wildman–Crippen MR) is 110 cm³/mol. The highest BCUT2D eigenvalue weighted by atomic mass is 127. The first-order valence-electron chi connectivity index (χ1n) is 8.90. The lowest BCUT2D eigenvalue weighted by Crippen LogP contribution is -2.41. The van der Waals surface area contributed by atoms with E-state index < -0.39 is 0 Å². The van der Waals surface area contributed by atoms with Crippen molar-refractivity contribution in [3.63, 3.8) is 0 Å². The summed E-state index contributed by atoms with van der Waals surface area (Å²) in [5.41, 5.74) is 0.954. The van der Waals surface area contributed by atoms with Gasteiger partial charge in [0.05, 0.1) is 14.1 Å². The summed E-state index contributed by atoms with van der Waals surface area (Å²) in [6, 6.07) is 2.31. The Kier molecular flexibility index (Phi) is 7.03. The van der Waals surface area contributed by atoms with Crippen LogP contribution >= 0.6 is 33.9 Å². The van der Waals surface area contributed by atoms with Gasteiger partial charge in [0.25, 0.3) is 0 Å². The van der Waals surface area contributed by atoms with Crippen LogP contribution in [0.5, 0.6) is 0 Å². The summed E-state index contributed by atoms with van der Waals surface area (Å²) in [6.07, 6.45) is 9.27. The molecule has 0 N–H and O–H groups in total. The molecule has 5 heteroatoms. The van der Waals surface area contributed by atoms with Crippen LogP contribution in [0.4, 0.5) is 0 Å². The van der Waals surface area contributed by atoms with Crippen molar-refractivity contribution in [2.45, 2.75) is 90.8 Å². The average molecular weight is 448 g/mol. The first kappa shape index (κ1) is 19.7. The Bertz CT molecular complexity index is 497. The summed E-state index contributed by atoms with van der Waals surface area (Å²) < 4.78 is 15.0. The summed E-state index contributed by atoms with van der Waals surface area (Å²) in [4.78, 5) is 0. The zero-order valence-corrected chi connectivity index (χ0v) is 18.2. The number of halogens is 1. The highest BCUT2D eigenvalue weighted by Gasteiger charge is 2.52. The lowest BCUT2D eigenvalue weighted by molar-refractivity contribution is 0.00578. The van der Waals surface area contributed by atoms with Crippen LogP contribution in [-0.2, 0) is 15.7 Å². The second-order valence-electron chi connectivity index (χ2n) is 7.55. The Hall–Kier alpha value is 0.415. The fourth-order valence-corrected chi connectivity index (χ4v) is 4.85. The van der Waals surface area contributed by atoms with Gasteiger partial charge in [-0.05, 0) is 74.8 Å². The molecule has 0 atom stereocenters. The van der Waals surface area contributed by atoms with Crippen molar-refractivity contribution >= 4 is 45.8 Å². The molecule has 0 spiro atoms. The molecule has 0 bridgehead atoms. The molecule has 2 heterocycles. The maximum atomic E-state index is 6.17. The number of hydrogen-bond acceptors (Lipinski definition) is 3. The van der Waals surface area contributed by atoms with Gasteiger partial charge in [0.2, 0.25) is 0 Å². The van der Waals surface area contributed by atoms with E-state index >= 15 is 0 Å². The zero-order chi connectivity index (χ0) is 17.1. The third-order valence-electron chi connectivity index (χ3n) is 5.06. The summed E-state index contributed by atoms with van der Waals surface area (Å²) in [7, 11) is -0.211. The van der Waals surface area contributed by atoms with Gasteiger partial charge in [-0.1, -0.05) is 39.0 Å². The van der Waals surface area contributed by atoms with Gasteiger partial charge in [-0.15, -0.1) is 11.3 Å². The molecule has 0 unspecified atom stereocenters. The van der Waals surface area contributed by atoms with Crippen molar-refractivity contribution in [1.29, 1.82) is 0 Å². The van der Waals surface area contributed by atoms with Crippen LogP contribution in [0.3, 0.4) is 0 Å². The minimum Gasteiger partial charge on any atom is -0.399 e. The van der Waals surface area contributed by atoms with E-state index in [1.807, 2.05) is 11.3 Å². The number of unbranched alkanes of at least 4 members (excludes halogenated alkanes) is 5. The Morgan fingerprint density at radius 1 is 1.00 bits per heavy atom. The molecule has 0 aromatic carbocycles. The van der Waals surface area contributed by atoms with Crippen LogP contribution < -0.4 is 4.78 Å².